The lowest BCUT2D eigenvalue weighted by atomic mass is 10.2. The number of nitrogens with two attached hydrogens (primary N) is 1. The SMILES string of the molecule is N#Cc1cc(F)cc(OCC(F)F)c1N. The van der Waals surface area contributed by atoms with E-state index < -0.39 is 18.8 Å². The number of nitrogen functional groups attached to an aromatic ring is 1. The van der Waals surface area contributed by atoms with Crippen molar-refractivity contribution in [3.05, 3.63) is 23.5 Å². The van der Waals surface area contributed by atoms with Gasteiger partial charge in [-0.15, -0.1) is 0 Å². The van der Waals surface area contributed by atoms with Gasteiger partial charge in [-0.25, -0.2) is 13.2 Å². The summed E-state index contributed by atoms with van der Waals surface area (Å²) < 4.78 is 41.0. The summed E-state index contributed by atoms with van der Waals surface area (Å²) in [7, 11) is 0. The van der Waals surface area contributed by atoms with E-state index in [0.717, 1.165) is 12.1 Å². The average molecular weight is 216 g/mol. The van der Waals surface area contributed by atoms with E-state index >= 15 is 0 Å². The predicted molar refractivity (Wildman–Crippen MR) is 47.0 cm³/mol. The number of alkyl halides is 2. The maximum atomic E-state index is 12.8. The van der Waals surface area contributed by atoms with Gasteiger partial charge in [-0.1, -0.05) is 0 Å². The summed E-state index contributed by atoms with van der Waals surface area (Å²) in [5.74, 6) is -1.00. The normalized spacial score (nSPS) is 10.1. The summed E-state index contributed by atoms with van der Waals surface area (Å²) in [5, 5.41) is 8.54. The summed E-state index contributed by atoms with van der Waals surface area (Å²) in [6.07, 6.45) is -2.68. The van der Waals surface area contributed by atoms with Crippen LogP contribution in [0.15, 0.2) is 12.1 Å². The van der Waals surface area contributed by atoms with E-state index in [1.54, 1.807) is 6.07 Å². The van der Waals surface area contributed by atoms with Crippen molar-refractivity contribution >= 4 is 5.69 Å². The molecule has 6 heteroatoms. The summed E-state index contributed by atoms with van der Waals surface area (Å²) in [5.41, 5.74) is 5.11. The molecule has 0 atom stereocenters. The minimum absolute atomic E-state index is 0.139. The number of nitriles is 1. The van der Waals surface area contributed by atoms with Crippen molar-refractivity contribution in [2.75, 3.05) is 12.3 Å². The molecule has 1 aromatic rings. The molecule has 0 amide bonds. The van der Waals surface area contributed by atoms with Crippen LogP contribution in [0.2, 0.25) is 0 Å². The Morgan fingerprint density at radius 1 is 1.47 bits per heavy atom. The third-order valence-corrected chi connectivity index (χ3v) is 1.59. The monoisotopic (exact) mass is 216 g/mol. The Kier molecular flexibility index (Phi) is 3.39. The Labute approximate surface area is 83.9 Å². The van der Waals surface area contributed by atoms with Gasteiger partial charge >= 0.3 is 0 Å². The van der Waals surface area contributed by atoms with Crippen LogP contribution in [0, 0.1) is 17.1 Å². The molecule has 0 aliphatic heterocycles. The van der Waals surface area contributed by atoms with Crippen LogP contribution in [0.25, 0.3) is 0 Å². The number of benzene rings is 1. The minimum Gasteiger partial charge on any atom is -0.485 e. The molecular weight excluding hydrogens is 209 g/mol. The predicted octanol–water partition coefficient (Wildman–Crippen LogP) is 1.92. The first-order valence-electron chi connectivity index (χ1n) is 3.94. The van der Waals surface area contributed by atoms with Crippen LogP contribution < -0.4 is 10.5 Å². The second-order valence-corrected chi connectivity index (χ2v) is 2.68. The third-order valence-electron chi connectivity index (χ3n) is 1.59. The van der Waals surface area contributed by atoms with Gasteiger partial charge in [-0.05, 0) is 6.07 Å². The van der Waals surface area contributed by atoms with Gasteiger partial charge in [0.1, 0.15) is 24.2 Å². The van der Waals surface area contributed by atoms with Crippen molar-refractivity contribution in [1.29, 1.82) is 5.26 Å². The molecule has 0 fully saturated rings. The molecule has 0 unspecified atom stereocenters. The van der Waals surface area contributed by atoms with Gasteiger partial charge in [-0.2, -0.15) is 5.26 Å². The molecule has 1 rings (SSSR count). The van der Waals surface area contributed by atoms with E-state index in [4.69, 9.17) is 11.0 Å². The maximum Gasteiger partial charge on any atom is 0.272 e. The van der Waals surface area contributed by atoms with Crippen LogP contribution in [-0.2, 0) is 0 Å². The van der Waals surface area contributed by atoms with Gasteiger partial charge in [0.15, 0.2) is 0 Å². The Morgan fingerprint density at radius 2 is 2.13 bits per heavy atom. The molecule has 80 valence electrons. The molecular formula is C9H7F3N2O. The number of hydrogen-bond donors (Lipinski definition) is 1. The molecule has 0 saturated carbocycles. The van der Waals surface area contributed by atoms with Crippen molar-refractivity contribution in [2.24, 2.45) is 0 Å². The fourth-order valence-corrected chi connectivity index (χ4v) is 0.958. The van der Waals surface area contributed by atoms with Gasteiger partial charge in [0.25, 0.3) is 6.43 Å². The molecule has 0 radical (unpaired) electrons. The first-order valence-corrected chi connectivity index (χ1v) is 3.94. The fourth-order valence-electron chi connectivity index (χ4n) is 0.958. The van der Waals surface area contributed by atoms with E-state index in [-0.39, 0.29) is 17.0 Å². The van der Waals surface area contributed by atoms with Gasteiger partial charge in [0, 0.05) is 6.07 Å². The number of ether oxygens (including phenoxy) is 1. The van der Waals surface area contributed by atoms with Crippen LogP contribution >= 0.6 is 0 Å². The van der Waals surface area contributed by atoms with Crippen molar-refractivity contribution in [2.45, 2.75) is 6.43 Å². The fraction of sp³-hybridized carbons (Fsp3) is 0.222. The highest BCUT2D eigenvalue weighted by Gasteiger charge is 2.11. The topological polar surface area (TPSA) is 59.0 Å². The summed E-state index contributed by atoms with van der Waals surface area (Å²) >= 11 is 0. The first-order chi connectivity index (χ1) is 7.04. The smallest absolute Gasteiger partial charge is 0.272 e. The third kappa shape index (κ3) is 2.77. The van der Waals surface area contributed by atoms with Crippen LogP contribution in [-0.4, -0.2) is 13.0 Å². The van der Waals surface area contributed by atoms with Crippen molar-refractivity contribution in [3.8, 4) is 11.8 Å². The van der Waals surface area contributed by atoms with Crippen molar-refractivity contribution < 1.29 is 17.9 Å². The molecule has 0 saturated heterocycles. The zero-order valence-corrected chi connectivity index (χ0v) is 7.51. The molecule has 3 nitrogen and oxygen atoms in total. The highest BCUT2D eigenvalue weighted by atomic mass is 19.3. The standard InChI is InChI=1S/C9H7F3N2O/c10-6-1-5(3-13)9(14)7(2-6)15-4-8(11)12/h1-2,8H,4,14H2. The van der Waals surface area contributed by atoms with E-state index in [1.165, 1.54) is 0 Å². The van der Waals surface area contributed by atoms with Gasteiger partial charge in [0.05, 0.1) is 11.3 Å². The molecule has 0 aromatic heterocycles. The maximum absolute atomic E-state index is 12.8. The number of hydrogen-bond acceptors (Lipinski definition) is 3. The molecule has 0 aliphatic carbocycles. The van der Waals surface area contributed by atoms with Gasteiger partial charge < -0.3 is 10.5 Å². The van der Waals surface area contributed by atoms with Gasteiger partial charge in [0.2, 0.25) is 0 Å². The quantitative estimate of drug-likeness (QED) is 0.785. The van der Waals surface area contributed by atoms with E-state index in [0.29, 0.717) is 0 Å². The molecule has 2 N–H and O–H groups in total. The molecule has 0 aliphatic rings. The largest absolute Gasteiger partial charge is 0.485 e. The summed E-state index contributed by atoms with van der Waals surface area (Å²) in [6, 6.07) is 3.40. The Bertz CT molecular complexity index is 401. The number of rotatable bonds is 3. The number of anilines is 1. The lowest BCUT2D eigenvalue weighted by molar-refractivity contribution is 0.0821. The van der Waals surface area contributed by atoms with Crippen LogP contribution in [0.4, 0.5) is 18.9 Å². The minimum atomic E-state index is -2.68. The summed E-state index contributed by atoms with van der Waals surface area (Å²) in [6.45, 7) is -0.890. The lowest BCUT2D eigenvalue weighted by Gasteiger charge is -2.09. The number of halogens is 3. The lowest BCUT2D eigenvalue weighted by Crippen LogP contribution is -2.09. The molecule has 0 bridgehead atoms. The second-order valence-electron chi connectivity index (χ2n) is 2.68. The first kappa shape index (κ1) is 11.2. The molecule has 1 aromatic carbocycles. The van der Waals surface area contributed by atoms with Gasteiger partial charge in [-0.3, -0.25) is 0 Å². The van der Waals surface area contributed by atoms with Crippen LogP contribution in [0.5, 0.6) is 5.75 Å². The van der Waals surface area contributed by atoms with Crippen LogP contribution in [0.3, 0.4) is 0 Å². The Morgan fingerprint density at radius 3 is 2.67 bits per heavy atom. The van der Waals surface area contributed by atoms with E-state index in [2.05, 4.69) is 4.74 Å². The molecule has 15 heavy (non-hydrogen) atoms. The van der Waals surface area contributed by atoms with Crippen LogP contribution in [0.1, 0.15) is 5.56 Å². The highest BCUT2D eigenvalue weighted by molar-refractivity contribution is 5.63. The zero-order chi connectivity index (χ0) is 11.4. The van der Waals surface area contributed by atoms with E-state index in [9.17, 15) is 13.2 Å². The molecule has 0 heterocycles. The average Bonchev–Trinajstić information content (AvgIpc) is 2.18. The van der Waals surface area contributed by atoms with Crippen molar-refractivity contribution in [3.63, 3.8) is 0 Å². The van der Waals surface area contributed by atoms with Crippen molar-refractivity contribution in [1.82, 2.24) is 0 Å². The molecule has 0 spiro atoms. The highest BCUT2D eigenvalue weighted by Crippen LogP contribution is 2.26. The summed E-state index contributed by atoms with van der Waals surface area (Å²) in [4.78, 5) is 0. The Hall–Kier alpha value is -1.90. The Balaban J connectivity index is 2.97. The number of nitrogens with zero attached hydrogens (tertiary/aromatic N) is 1. The van der Waals surface area contributed by atoms with E-state index in [1.807, 2.05) is 0 Å². The zero-order valence-electron chi connectivity index (χ0n) is 7.51. The second kappa shape index (κ2) is 4.55.